The number of aromatic amines is 1. The largest absolute Gasteiger partial charge is 0.310 e. The molecule has 0 aliphatic heterocycles. The Morgan fingerprint density at radius 2 is 1.92 bits per heavy atom. The van der Waals surface area contributed by atoms with Gasteiger partial charge in [0.05, 0.1) is 5.56 Å². The van der Waals surface area contributed by atoms with Crippen LogP contribution in [-0.4, -0.2) is 19.9 Å². The first-order valence-electron chi connectivity index (χ1n) is 7.65. The van der Waals surface area contributed by atoms with Gasteiger partial charge in [0.2, 0.25) is 0 Å². The molecule has 6 nitrogen and oxygen atoms in total. The van der Waals surface area contributed by atoms with E-state index in [2.05, 4.69) is 19.9 Å². The Bertz CT molecular complexity index is 979. The Kier molecular flexibility index (Phi) is 4.90. The van der Waals surface area contributed by atoms with E-state index in [0.717, 1.165) is 11.1 Å². The number of aryl methyl sites for hydroxylation is 2. The van der Waals surface area contributed by atoms with E-state index in [0.29, 0.717) is 30.7 Å². The maximum absolute atomic E-state index is 13.3. The van der Waals surface area contributed by atoms with Gasteiger partial charge in [-0.1, -0.05) is 6.07 Å². The van der Waals surface area contributed by atoms with Gasteiger partial charge < -0.3 is 4.98 Å². The van der Waals surface area contributed by atoms with Crippen molar-refractivity contribution in [2.45, 2.75) is 19.3 Å². The third-order valence-corrected chi connectivity index (χ3v) is 3.74. The molecule has 0 aliphatic carbocycles. The lowest BCUT2D eigenvalue weighted by Crippen LogP contribution is -2.17. The summed E-state index contributed by atoms with van der Waals surface area (Å²) in [5.41, 5.74) is 1.99. The Morgan fingerprint density at radius 1 is 1.12 bits per heavy atom. The van der Waals surface area contributed by atoms with Gasteiger partial charge in [-0.15, -0.1) is 0 Å². The molecule has 1 aromatic carbocycles. The van der Waals surface area contributed by atoms with Gasteiger partial charge in [0.1, 0.15) is 24.0 Å². The second-order valence-corrected chi connectivity index (χ2v) is 5.53. The highest BCUT2D eigenvalue weighted by Crippen LogP contribution is 2.11. The minimum atomic E-state index is -0.535. The van der Waals surface area contributed by atoms with Gasteiger partial charge in [-0.25, -0.2) is 19.3 Å². The van der Waals surface area contributed by atoms with Crippen molar-refractivity contribution in [3.8, 4) is 6.07 Å². The molecule has 0 spiro atoms. The summed E-state index contributed by atoms with van der Waals surface area (Å²) >= 11 is 0. The number of benzene rings is 1. The molecule has 0 aliphatic rings. The van der Waals surface area contributed by atoms with Crippen LogP contribution in [-0.2, 0) is 19.3 Å². The van der Waals surface area contributed by atoms with Crippen LogP contribution in [0.5, 0.6) is 0 Å². The van der Waals surface area contributed by atoms with E-state index in [1.807, 2.05) is 6.07 Å². The second kappa shape index (κ2) is 7.45. The van der Waals surface area contributed by atoms with E-state index in [1.165, 1.54) is 18.5 Å². The predicted molar refractivity (Wildman–Crippen MR) is 88.2 cm³/mol. The quantitative estimate of drug-likeness (QED) is 0.769. The van der Waals surface area contributed by atoms with Crippen LogP contribution in [0.4, 0.5) is 4.39 Å². The van der Waals surface area contributed by atoms with Gasteiger partial charge >= 0.3 is 0 Å². The third kappa shape index (κ3) is 4.12. The lowest BCUT2D eigenvalue weighted by molar-refractivity contribution is 0.623. The van der Waals surface area contributed by atoms with E-state index < -0.39 is 5.82 Å². The molecule has 0 saturated carbocycles. The molecule has 124 valence electrons. The van der Waals surface area contributed by atoms with Crippen molar-refractivity contribution in [2.75, 3.05) is 0 Å². The highest BCUT2D eigenvalue weighted by Gasteiger charge is 2.07. The van der Waals surface area contributed by atoms with Crippen molar-refractivity contribution in [3.63, 3.8) is 0 Å². The Hall–Kier alpha value is -3.40. The van der Waals surface area contributed by atoms with Gasteiger partial charge in [0, 0.05) is 37.0 Å². The fraction of sp³-hybridized carbons (Fsp3) is 0.167. The summed E-state index contributed by atoms with van der Waals surface area (Å²) < 4.78 is 13.3. The van der Waals surface area contributed by atoms with Crippen LogP contribution in [0.15, 0.2) is 47.9 Å². The first-order chi connectivity index (χ1) is 12.2. The molecular formula is C18H14FN5O. The lowest BCUT2D eigenvalue weighted by atomic mass is 10.1. The maximum atomic E-state index is 13.3. The average Bonchev–Trinajstić information content (AvgIpc) is 2.64. The Morgan fingerprint density at radius 3 is 2.64 bits per heavy atom. The molecule has 0 amide bonds. The maximum Gasteiger partial charge on any atom is 0.254 e. The number of aromatic nitrogens is 4. The lowest BCUT2D eigenvalue weighted by Gasteiger charge is -2.04. The van der Waals surface area contributed by atoms with Gasteiger partial charge in [-0.3, -0.25) is 4.79 Å². The molecule has 1 N–H and O–H groups in total. The number of hydrogen-bond acceptors (Lipinski definition) is 5. The van der Waals surface area contributed by atoms with Crippen LogP contribution in [0.1, 0.15) is 28.1 Å². The molecule has 2 aromatic heterocycles. The fourth-order valence-electron chi connectivity index (χ4n) is 2.43. The van der Waals surface area contributed by atoms with Crippen LogP contribution in [0, 0.1) is 17.1 Å². The molecule has 3 aromatic rings. The third-order valence-electron chi connectivity index (χ3n) is 3.74. The second-order valence-electron chi connectivity index (χ2n) is 5.53. The highest BCUT2D eigenvalue weighted by atomic mass is 19.1. The summed E-state index contributed by atoms with van der Waals surface area (Å²) in [5.74, 6) is 0.00733. The number of nitrogens with one attached hydrogen (secondary N) is 1. The minimum absolute atomic E-state index is 0.0133. The van der Waals surface area contributed by atoms with Crippen molar-refractivity contribution in [3.05, 3.63) is 87.4 Å². The van der Waals surface area contributed by atoms with Crippen molar-refractivity contribution >= 4 is 0 Å². The minimum Gasteiger partial charge on any atom is -0.310 e. The van der Waals surface area contributed by atoms with Crippen molar-refractivity contribution < 1.29 is 4.39 Å². The van der Waals surface area contributed by atoms with Crippen LogP contribution in [0.25, 0.3) is 0 Å². The van der Waals surface area contributed by atoms with Crippen molar-refractivity contribution in [1.29, 1.82) is 5.26 Å². The van der Waals surface area contributed by atoms with Crippen LogP contribution >= 0.6 is 0 Å². The number of hydrogen-bond donors (Lipinski definition) is 1. The predicted octanol–water partition coefficient (Wildman–Crippen LogP) is 1.95. The number of halogens is 1. The number of nitrogens with zero attached hydrogens (tertiary/aromatic N) is 4. The standard InChI is InChI=1S/C18H14FN5O/c19-16-3-1-12(5-14(16)7-20)2-4-17-23-10-15(18(25)24-17)6-13-8-21-11-22-9-13/h1,3,5,8-11H,2,4,6H2,(H,23,24,25). The van der Waals surface area contributed by atoms with E-state index in [4.69, 9.17) is 5.26 Å². The highest BCUT2D eigenvalue weighted by molar-refractivity contribution is 5.34. The molecule has 3 rings (SSSR count). The molecule has 0 radical (unpaired) electrons. The topological polar surface area (TPSA) is 95.3 Å². The zero-order valence-electron chi connectivity index (χ0n) is 13.2. The first kappa shape index (κ1) is 16.5. The van der Waals surface area contributed by atoms with Crippen LogP contribution in [0.2, 0.25) is 0 Å². The summed E-state index contributed by atoms with van der Waals surface area (Å²) in [6, 6.07) is 6.22. The molecule has 0 atom stereocenters. The Balaban J connectivity index is 1.69. The summed E-state index contributed by atoms with van der Waals surface area (Å²) in [5, 5.41) is 8.86. The summed E-state index contributed by atoms with van der Waals surface area (Å²) in [4.78, 5) is 27.0. The molecule has 2 heterocycles. The van der Waals surface area contributed by atoms with E-state index >= 15 is 0 Å². The van der Waals surface area contributed by atoms with Crippen LogP contribution in [0.3, 0.4) is 0 Å². The van der Waals surface area contributed by atoms with Gasteiger partial charge in [-0.05, 0) is 29.7 Å². The molecule has 0 unspecified atom stereocenters. The van der Waals surface area contributed by atoms with Gasteiger partial charge in [-0.2, -0.15) is 5.26 Å². The SMILES string of the molecule is N#Cc1cc(CCc2ncc(Cc3cncnc3)c(=O)[nH]2)ccc1F. The smallest absolute Gasteiger partial charge is 0.254 e. The summed E-state index contributed by atoms with van der Waals surface area (Å²) in [6.07, 6.45) is 7.73. The normalized spacial score (nSPS) is 10.4. The average molecular weight is 335 g/mol. The molecule has 0 bridgehead atoms. The van der Waals surface area contributed by atoms with E-state index in [-0.39, 0.29) is 11.1 Å². The summed E-state index contributed by atoms with van der Waals surface area (Å²) in [6.45, 7) is 0. The zero-order valence-corrected chi connectivity index (χ0v) is 13.2. The number of H-pyrrole nitrogens is 1. The Labute approximate surface area is 143 Å². The molecule has 25 heavy (non-hydrogen) atoms. The molecule has 7 heteroatoms. The van der Waals surface area contributed by atoms with E-state index in [1.54, 1.807) is 24.7 Å². The van der Waals surface area contributed by atoms with Crippen molar-refractivity contribution in [2.24, 2.45) is 0 Å². The van der Waals surface area contributed by atoms with E-state index in [9.17, 15) is 9.18 Å². The molecule has 0 fully saturated rings. The number of rotatable bonds is 5. The summed E-state index contributed by atoms with van der Waals surface area (Å²) in [7, 11) is 0. The zero-order chi connectivity index (χ0) is 17.6. The number of nitriles is 1. The molecule has 0 saturated heterocycles. The van der Waals surface area contributed by atoms with Gasteiger partial charge in [0.15, 0.2) is 0 Å². The molecular weight excluding hydrogens is 321 g/mol. The first-order valence-corrected chi connectivity index (χ1v) is 7.65. The fourth-order valence-corrected chi connectivity index (χ4v) is 2.43. The van der Waals surface area contributed by atoms with Gasteiger partial charge in [0.25, 0.3) is 5.56 Å². The monoisotopic (exact) mass is 335 g/mol. The van der Waals surface area contributed by atoms with Crippen molar-refractivity contribution in [1.82, 2.24) is 19.9 Å². The van der Waals surface area contributed by atoms with Crippen LogP contribution < -0.4 is 5.56 Å².